The summed E-state index contributed by atoms with van der Waals surface area (Å²) in [6.07, 6.45) is 8.69. The molecule has 0 saturated heterocycles. The lowest BCUT2D eigenvalue weighted by Crippen LogP contribution is -2.40. The second-order valence-corrected chi connectivity index (χ2v) is 10.4. The zero-order valence-corrected chi connectivity index (χ0v) is 21.9. The number of hydrogen-bond donors (Lipinski definition) is 0. The van der Waals surface area contributed by atoms with Crippen LogP contribution >= 0.6 is 0 Å². The average Bonchev–Trinajstić information content (AvgIpc) is 2.93. The molecule has 0 aliphatic carbocycles. The van der Waals surface area contributed by atoms with Crippen molar-refractivity contribution in [2.24, 2.45) is 0 Å². The first-order chi connectivity index (χ1) is 18.6. The molecule has 4 bridgehead atoms. The van der Waals surface area contributed by atoms with Gasteiger partial charge in [0.1, 0.15) is 0 Å². The van der Waals surface area contributed by atoms with Gasteiger partial charge >= 0.3 is 11.4 Å². The topological polar surface area (TPSA) is 88.0 Å². The van der Waals surface area contributed by atoms with Gasteiger partial charge in [-0.25, -0.2) is 9.59 Å². The van der Waals surface area contributed by atoms with Crippen molar-refractivity contribution in [2.75, 3.05) is 0 Å². The van der Waals surface area contributed by atoms with Crippen LogP contribution in [0.15, 0.2) is 67.7 Å². The summed E-state index contributed by atoms with van der Waals surface area (Å²) in [5.74, 6) is 0. The third-order valence-electron chi connectivity index (χ3n) is 7.79. The van der Waals surface area contributed by atoms with E-state index in [4.69, 9.17) is 0 Å². The van der Waals surface area contributed by atoms with Crippen molar-refractivity contribution < 1.29 is 0 Å². The first-order valence-corrected chi connectivity index (χ1v) is 14.0. The summed E-state index contributed by atoms with van der Waals surface area (Å²) in [6, 6.07) is 14.8. The quantitative estimate of drug-likeness (QED) is 0.350. The highest BCUT2D eigenvalue weighted by molar-refractivity contribution is 5.78. The van der Waals surface area contributed by atoms with Crippen molar-refractivity contribution >= 4 is 21.8 Å². The number of aryl methyl sites for hydroxylation is 2. The van der Waals surface area contributed by atoms with Crippen molar-refractivity contribution in [2.45, 2.75) is 90.4 Å². The predicted octanol–water partition coefficient (Wildman–Crippen LogP) is 4.25. The Morgan fingerprint density at radius 1 is 0.395 bits per heavy atom. The van der Waals surface area contributed by atoms with Gasteiger partial charge in [0, 0.05) is 26.2 Å². The Morgan fingerprint density at radius 3 is 1.11 bits per heavy atom. The molecule has 1 aliphatic heterocycles. The van der Waals surface area contributed by atoms with Crippen molar-refractivity contribution in [3.05, 3.63) is 90.2 Å². The van der Waals surface area contributed by atoms with E-state index in [1.165, 1.54) is 9.13 Å². The molecule has 0 N–H and O–H groups in total. The molecule has 3 heterocycles. The molecule has 8 nitrogen and oxygen atoms in total. The number of nitrogens with zero attached hydrogens (tertiary/aromatic N) is 4. The molecule has 38 heavy (non-hydrogen) atoms. The van der Waals surface area contributed by atoms with Crippen LogP contribution in [-0.2, 0) is 26.2 Å². The summed E-state index contributed by atoms with van der Waals surface area (Å²) in [4.78, 5) is 52.8. The Bertz CT molecular complexity index is 1550. The Hall–Kier alpha value is -3.68. The van der Waals surface area contributed by atoms with Gasteiger partial charge < -0.3 is 0 Å². The highest BCUT2D eigenvalue weighted by Crippen LogP contribution is 2.13. The van der Waals surface area contributed by atoms with Gasteiger partial charge in [-0.2, -0.15) is 0 Å². The lowest BCUT2D eigenvalue weighted by molar-refractivity contribution is 0.475. The van der Waals surface area contributed by atoms with E-state index >= 15 is 0 Å². The van der Waals surface area contributed by atoms with E-state index in [1.807, 2.05) is 48.5 Å². The maximum Gasteiger partial charge on any atom is 0.331 e. The highest BCUT2D eigenvalue weighted by atomic mass is 16.2. The second-order valence-electron chi connectivity index (χ2n) is 10.4. The van der Waals surface area contributed by atoms with E-state index in [1.54, 1.807) is 9.13 Å². The molecule has 0 saturated carbocycles. The van der Waals surface area contributed by atoms with E-state index in [0.29, 0.717) is 48.0 Å². The van der Waals surface area contributed by atoms with Crippen LogP contribution in [0.1, 0.15) is 64.2 Å². The summed E-state index contributed by atoms with van der Waals surface area (Å²) in [5.41, 5.74) is 0.566. The molecule has 0 atom stereocenters. The Balaban J connectivity index is 1.40. The predicted molar refractivity (Wildman–Crippen MR) is 151 cm³/mol. The third-order valence-corrected chi connectivity index (χ3v) is 7.79. The largest absolute Gasteiger partial charge is 0.331 e. The summed E-state index contributed by atoms with van der Waals surface area (Å²) in [7, 11) is 0. The zero-order chi connectivity index (χ0) is 26.5. The van der Waals surface area contributed by atoms with E-state index in [-0.39, 0.29) is 22.5 Å². The summed E-state index contributed by atoms with van der Waals surface area (Å²) < 4.78 is 6.34. The second kappa shape index (κ2) is 11.8. The molecule has 0 amide bonds. The number of benzene rings is 2. The molecule has 0 radical (unpaired) electrons. The SMILES string of the molecule is O=c1c2ccccc2n2c(=O)n1CCCCCCCn1c(=O)n(c(=O)c3ccccc31)CCCCCCC2. The normalized spacial score (nSPS) is 16.4. The van der Waals surface area contributed by atoms with Crippen LogP contribution in [0.3, 0.4) is 0 Å². The van der Waals surface area contributed by atoms with Crippen LogP contribution in [-0.4, -0.2) is 18.3 Å². The smallest absolute Gasteiger partial charge is 0.293 e. The van der Waals surface area contributed by atoms with Gasteiger partial charge in [0.25, 0.3) is 11.1 Å². The van der Waals surface area contributed by atoms with Crippen LogP contribution in [0, 0.1) is 0 Å². The molecule has 5 rings (SSSR count). The summed E-state index contributed by atoms with van der Waals surface area (Å²) in [6.45, 7) is 1.96. The van der Waals surface area contributed by atoms with E-state index in [9.17, 15) is 19.2 Å². The van der Waals surface area contributed by atoms with Crippen molar-refractivity contribution in [1.29, 1.82) is 0 Å². The number of hydrogen-bond acceptors (Lipinski definition) is 4. The third kappa shape index (κ3) is 5.17. The summed E-state index contributed by atoms with van der Waals surface area (Å²) >= 11 is 0. The van der Waals surface area contributed by atoms with Crippen LogP contribution in [0.25, 0.3) is 21.8 Å². The maximum absolute atomic E-state index is 13.3. The van der Waals surface area contributed by atoms with Crippen LogP contribution in [0.2, 0.25) is 0 Å². The number of rotatable bonds is 0. The molecule has 2 aromatic carbocycles. The molecule has 8 heteroatoms. The Labute approximate surface area is 220 Å². The molecular weight excluding hydrogens is 480 g/mol. The molecule has 1 aliphatic rings. The van der Waals surface area contributed by atoms with Crippen molar-refractivity contribution in [1.82, 2.24) is 18.3 Å². The minimum absolute atomic E-state index is 0.203. The Kier molecular flexibility index (Phi) is 8.05. The van der Waals surface area contributed by atoms with Gasteiger partial charge in [0.05, 0.1) is 21.8 Å². The van der Waals surface area contributed by atoms with E-state index < -0.39 is 0 Å². The Morgan fingerprint density at radius 2 is 0.711 bits per heavy atom. The molecule has 0 unspecified atom stereocenters. The van der Waals surface area contributed by atoms with Gasteiger partial charge in [-0.05, 0) is 49.9 Å². The monoisotopic (exact) mass is 516 g/mol. The molecule has 0 spiro atoms. The molecule has 4 aromatic rings. The van der Waals surface area contributed by atoms with Gasteiger partial charge in [-0.1, -0.05) is 62.8 Å². The van der Waals surface area contributed by atoms with Gasteiger partial charge in [0.2, 0.25) is 0 Å². The fourth-order valence-electron chi connectivity index (χ4n) is 5.71. The van der Waals surface area contributed by atoms with E-state index in [2.05, 4.69) is 0 Å². The van der Waals surface area contributed by atoms with Gasteiger partial charge in [0.15, 0.2) is 0 Å². The highest BCUT2D eigenvalue weighted by Gasteiger charge is 2.14. The van der Waals surface area contributed by atoms with Crippen LogP contribution in [0.5, 0.6) is 0 Å². The number of aromatic nitrogens is 4. The van der Waals surface area contributed by atoms with Crippen LogP contribution < -0.4 is 22.5 Å². The standard InChI is InChI=1S/C30H36N4O4/c35-27-24-16-8-10-18-26(24)32-20-12-4-2-6-14-22-34-28(36)23-15-7-9-17-25(23)31(29(34)37)19-11-3-1-5-13-21-33(27)30(32)38/h7-10,15-18H,1-6,11-14,19-22H2. The van der Waals surface area contributed by atoms with Crippen LogP contribution in [0.4, 0.5) is 0 Å². The zero-order valence-electron chi connectivity index (χ0n) is 21.9. The first-order valence-electron chi connectivity index (χ1n) is 14.0. The lowest BCUT2D eigenvalue weighted by Gasteiger charge is -2.15. The minimum atomic E-state index is -0.216. The fraction of sp³-hybridized carbons (Fsp3) is 0.467. The van der Waals surface area contributed by atoms with Crippen molar-refractivity contribution in [3.8, 4) is 0 Å². The summed E-state index contributed by atoms with van der Waals surface area (Å²) in [5, 5.41) is 1.19. The molecular formula is C30H36N4O4. The van der Waals surface area contributed by atoms with Crippen molar-refractivity contribution in [3.63, 3.8) is 0 Å². The fourth-order valence-corrected chi connectivity index (χ4v) is 5.71. The molecule has 2 aromatic heterocycles. The van der Waals surface area contributed by atoms with Gasteiger partial charge in [-0.3, -0.25) is 27.9 Å². The average molecular weight is 517 g/mol. The first kappa shape index (κ1) is 25.9. The lowest BCUT2D eigenvalue weighted by atomic mass is 10.1. The molecule has 200 valence electrons. The van der Waals surface area contributed by atoms with Gasteiger partial charge in [-0.15, -0.1) is 0 Å². The maximum atomic E-state index is 13.3. The minimum Gasteiger partial charge on any atom is -0.293 e. The number of fused-ring (bicyclic) bond motifs is 8. The number of para-hydroxylation sites is 2. The molecule has 0 fully saturated rings. The van der Waals surface area contributed by atoms with E-state index in [0.717, 1.165) is 64.2 Å².